The van der Waals surface area contributed by atoms with Crippen LogP contribution >= 0.6 is 0 Å². The molecule has 0 aliphatic carbocycles. The minimum Gasteiger partial charge on any atom is -0.469 e. The maximum absolute atomic E-state index is 12.7. The molecule has 0 unspecified atom stereocenters. The molecule has 1 aromatic heterocycles. The van der Waals surface area contributed by atoms with Crippen LogP contribution in [-0.4, -0.2) is 12.5 Å². The van der Waals surface area contributed by atoms with E-state index in [0.29, 0.717) is 13.0 Å². The fraction of sp³-hybridized carbons (Fsp3) is 0.214. The molecule has 0 aliphatic rings. The van der Waals surface area contributed by atoms with Crippen molar-refractivity contribution >= 4 is 5.91 Å². The smallest absolute Gasteiger partial charge is 0.224 e. The maximum Gasteiger partial charge on any atom is 0.224 e. The van der Waals surface area contributed by atoms with Gasteiger partial charge in [-0.15, -0.1) is 0 Å². The molecule has 2 rings (SSSR count). The molecular formula is C14H14FNO2. The van der Waals surface area contributed by atoms with Gasteiger partial charge in [-0.25, -0.2) is 4.39 Å². The van der Waals surface area contributed by atoms with E-state index >= 15 is 0 Å². The van der Waals surface area contributed by atoms with Gasteiger partial charge in [0.05, 0.1) is 12.7 Å². The van der Waals surface area contributed by atoms with E-state index < -0.39 is 0 Å². The molecule has 1 heterocycles. The SMILES string of the molecule is O=C(Cc1ccc(F)cc1)NCCc1ccco1. The lowest BCUT2D eigenvalue weighted by atomic mass is 10.1. The van der Waals surface area contributed by atoms with E-state index in [1.807, 2.05) is 12.1 Å². The lowest BCUT2D eigenvalue weighted by Crippen LogP contribution is -2.27. The van der Waals surface area contributed by atoms with Gasteiger partial charge in [0.1, 0.15) is 11.6 Å². The summed E-state index contributed by atoms with van der Waals surface area (Å²) < 4.78 is 17.8. The summed E-state index contributed by atoms with van der Waals surface area (Å²) in [6, 6.07) is 9.61. The van der Waals surface area contributed by atoms with Gasteiger partial charge in [0, 0.05) is 13.0 Å². The lowest BCUT2D eigenvalue weighted by molar-refractivity contribution is -0.120. The fourth-order valence-corrected chi connectivity index (χ4v) is 1.63. The Morgan fingerprint density at radius 3 is 2.67 bits per heavy atom. The first-order valence-electron chi connectivity index (χ1n) is 5.77. The number of carbonyl (C=O) groups is 1. The van der Waals surface area contributed by atoms with Crippen LogP contribution < -0.4 is 5.32 Å². The van der Waals surface area contributed by atoms with Gasteiger partial charge in [0.2, 0.25) is 5.91 Å². The van der Waals surface area contributed by atoms with E-state index in [9.17, 15) is 9.18 Å². The summed E-state index contributed by atoms with van der Waals surface area (Å²) >= 11 is 0. The van der Waals surface area contributed by atoms with Crippen LogP contribution in [0, 0.1) is 5.82 Å². The van der Waals surface area contributed by atoms with E-state index in [2.05, 4.69) is 5.32 Å². The summed E-state index contributed by atoms with van der Waals surface area (Å²) in [5.41, 5.74) is 0.798. The van der Waals surface area contributed by atoms with E-state index in [1.165, 1.54) is 12.1 Å². The minimum atomic E-state index is -0.294. The Morgan fingerprint density at radius 2 is 2.00 bits per heavy atom. The molecule has 0 atom stereocenters. The Balaban J connectivity index is 1.73. The monoisotopic (exact) mass is 247 g/mol. The summed E-state index contributed by atoms with van der Waals surface area (Å²) in [4.78, 5) is 11.6. The second-order valence-electron chi connectivity index (χ2n) is 3.98. The summed E-state index contributed by atoms with van der Waals surface area (Å²) in [5, 5.41) is 2.79. The molecule has 0 aliphatic heterocycles. The molecule has 4 heteroatoms. The molecule has 0 spiro atoms. The summed E-state index contributed by atoms with van der Waals surface area (Å²) in [7, 11) is 0. The van der Waals surface area contributed by atoms with Crippen LogP contribution in [-0.2, 0) is 17.6 Å². The summed E-state index contributed by atoms with van der Waals surface area (Å²) in [5.74, 6) is 0.474. The second-order valence-corrected chi connectivity index (χ2v) is 3.98. The highest BCUT2D eigenvalue weighted by atomic mass is 19.1. The number of hydrogen-bond acceptors (Lipinski definition) is 2. The first kappa shape index (κ1) is 12.4. The topological polar surface area (TPSA) is 42.2 Å². The average Bonchev–Trinajstić information content (AvgIpc) is 2.85. The van der Waals surface area contributed by atoms with Crippen molar-refractivity contribution in [3.63, 3.8) is 0 Å². The van der Waals surface area contributed by atoms with Crippen molar-refractivity contribution in [2.75, 3.05) is 6.54 Å². The third kappa shape index (κ3) is 3.73. The van der Waals surface area contributed by atoms with Crippen molar-refractivity contribution < 1.29 is 13.6 Å². The normalized spacial score (nSPS) is 10.3. The number of amides is 1. The second kappa shape index (κ2) is 6.00. The predicted molar refractivity (Wildman–Crippen MR) is 65.5 cm³/mol. The van der Waals surface area contributed by atoms with Crippen LogP contribution in [0.25, 0.3) is 0 Å². The third-order valence-electron chi connectivity index (χ3n) is 2.55. The van der Waals surface area contributed by atoms with Crippen molar-refractivity contribution in [2.24, 2.45) is 0 Å². The molecule has 1 amide bonds. The van der Waals surface area contributed by atoms with E-state index in [1.54, 1.807) is 18.4 Å². The maximum atomic E-state index is 12.7. The van der Waals surface area contributed by atoms with Gasteiger partial charge in [-0.2, -0.15) is 0 Å². The van der Waals surface area contributed by atoms with Gasteiger partial charge in [-0.3, -0.25) is 4.79 Å². The molecular weight excluding hydrogens is 233 g/mol. The van der Waals surface area contributed by atoms with Crippen LogP contribution in [0.2, 0.25) is 0 Å². The fourth-order valence-electron chi connectivity index (χ4n) is 1.63. The molecule has 0 fully saturated rings. The number of rotatable bonds is 5. The van der Waals surface area contributed by atoms with E-state index in [-0.39, 0.29) is 18.1 Å². The largest absolute Gasteiger partial charge is 0.469 e. The van der Waals surface area contributed by atoms with Crippen LogP contribution in [0.1, 0.15) is 11.3 Å². The quantitative estimate of drug-likeness (QED) is 0.881. The van der Waals surface area contributed by atoms with Gasteiger partial charge < -0.3 is 9.73 Å². The molecule has 18 heavy (non-hydrogen) atoms. The van der Waals surface area contributed by atoms with Crippen LogP contribution in [0.5, 0.6) is 0 Å². The predicted octanol–water partition coefficient (Wildman–Crippen LogP) is 2.32. The van der Waals surface area contributed by atoms with Gasteiger partial charge in [-0.05, 0) is 29.8 Å². The van der Waals surface area contributed by atoms with Gasteiger partial charge in [0.15, 0.2) is 0 Å². The number of carbonyl (C=O) groups excluding carboxylic acids is 1. The lowest BCUT2D eigenvalue weighted by Gasteiger charge is -2.04. The Morgan fingerprint density at radius 1 is 1.22 bits per heavy atom. The molecule has 0 saturated heterocycles. The Labute approximate surface area is 105 Å². The Hall–Kier alpha value is -2.10. The molecule has 0 bridgehead atoms. The molecule has 1 aromatic carbocycles. The molecule has 1 N–H and O–H groups in total. The zero-order chi connectivity index (χ0) is 12.8. The van der Waals surface area contributed by atoms with E-state index in [4.69, 9.17) is 4.42 Å². The number of halogens is 1. The summed E-state index contributed by atoms with van der Waals surface area (Å²) in [6.07, 6.45) is 2.54. The average molecular weight is 247 g/mol. The van der Waals surface area contributed by atoms with Crippen molar-refractivity contribution in [3.05, 3.63) is 59.8 Å². The van der Waals surface area contributed by atoms with Crippen molar-refractivity contribution in [1.82, 2.24) is 5.32 Å². The van der Waals surface area contributed by atoms with Crippen LogP contribution in [0.3, 0.4) is 0 Å². The Bertz CT molecular complexity index is 491. The highest BCUT2D eigenvalue weighted by molar-refractivity contribution is 5.78. The third-order valence-corrected chi connectivity index (χ3v) is 2.55. The zero-order valence-corrected chi connectivity index (χ0v) is 9.86. The number of benzene rings is 1. The van der Waals surface area contributed by atoms with Gasteiger partial charge in [0.25, 0.3) is 0 Å². The molecule has 0 saturated carbocycles. The number of furan rings is 1. The Kier molecular flexibility index (Phi) is 4.12. The molecule has 2 aromatic rings. The van der Waals surface area contributed by atoms with Crippen molar-refractivity contribution in [3.8, 4) is 0 Å². The summed E-state index contributed by atoms with van der Waals surface area (Å²) in [6.45, 7) is 0.535. The first-order chi connectivity index (χ1) is 8.74. The van der Waals surface area contributed by atoms with Crippen LogP contribution in [0.15, 0.2) is 47.1 Å². The minimum absolute atomic E-state index is 0.0758. The van der Waals surface area contributed by atoms with Gasteiger partial charge in [-0.1, -0.05) is 12.1 Å². The molecule has 3 nitrogen and oxygen atoms in total. The molecule has 0 radical (unpaired) electrons. The highest BCUT2D eigenvalue weighted by Crippen LogP contribution is 2.03. The zero-order valence-electron chi connectivity index (χ0n) is 9.86. The van der Waals surface area contributed by atoms with Crippen molar-refractivity contribution in [1.29, 1.82) is 0 Å². The first-order valence-corrected chi connectivity index (χ1v) is 5.77. The standard InChI is InChI=1S/C14H14FNO2/c15-12-5-3-11(4-6-12)10-14(17)16-8-7-13-2-1-9-18-13/h1-6,9H,7-8,10H2,(H,16,17). The van der Waals surface area contributed by atoms with Gasteiger partial charge >= 0.3 is 0 Å². The van der Waals surface area contributed by atoms with Crippen LogP contribution in [0.4, 0.5) is 4.39 Å². The molecule has 94 valence electrons. The van der Waals surface area contributed by atoms with Crippen molar-refractivity contribution in [2.45, 2.75) is 12.8 Å². The highest BCUT2D eigenvalue weighted by Gasteiger charge is 2.03. The number of hydrogen-bond donors (Lipinski definition) is 1. The number of nitrogens with one attached hydrogen (secondary N) is 1. The van der Waals surface area contributed by atoms with E-state index in [0.717, 1.165) is 11.3 Å².